The Balaban J connectivity index is 1.29. The first-order chi connectivity index (χ1) is 16.5. The Bertz CT molecular complexity index is 1440. The highest BCUT2D eigenvalue weighted by Crippen LogP contribution is 2.24. The predicted molar refractivity (Wildman–Crippen MR) is 128 cm³/mol. The van der Waals surface area contributed by atoms with E-state index in [9.17, 15) is 9.59 Å². The Kier molecular flexibility index (Phi) is 5.74. The van der Waals surface area contributed by atoms with Gasteiger partial charge in [-0.25, -0.2) is 19.2 Å². The van der Waals surface area contributed by atoms with Crippen LogP contribution in [0.3, 0.4) is 0 Å². The summed E-state index contributed by atoms with van der Waals surface area (Å²) in [6, 6.07) is 7.28. The molecule has 0 unspecified atom stereocenters. The summed E-state index contributed by atoms with van der Waals surface area (Å²) < 4.78 is 16.7. The van der Waals surface area contributed by atoms with Gasteiger partial charge in [0, 0.05) is 62.6 Å². The van der Waals surface area contributed by atoms with Crippen molar-refractivity contribution >= 4 is 28.1 Å². The number of aromatic nitrogens is 4. The summed E-state index contributed by atoms with van der Waals surface area (Å²) in [5, 5.41) is 3.34. The summed E-state index contributed by atoms with van der Waals surface area (Å²) >= 11 is 0. The smallest absolute Gasteiger partial charge is 0.331 e. The van der Waals surface area contributed by atoms with Gasteiger partial charge in [-0.05, 0) is 32.0 Å². The quantitative estimate of drug-likeness (QED) is 0.470. The summed E-state index contributed by atoms with van der Waals surface area (Å²) in [5.74, 6) is -0.585. The number of aryl methyl sites for hydroxylation is 1. The molecule has 1 aromatic carbocycles. The number of benzene rings is 1. The number of fused-ring (bicyclic) bond motifs is 3. The van der Waals surface area contributed by atoms with Crippen molar-refractivity contribution in [1.29, 1.82) is 0 Å². The molecule has 9 nitrogen and oxygen atoms in total. The van der Waals surface area contributed by atoms with Crippen LogP contribution < -0.4 is 15.9 Å². The lowest BCUT2D eigenvalue weighted by Crippen LogP contribution is -2.46. The summed E-state index contributed by atoms with van der Waals surface area (Å²) in [5.41, 5.74) is 2.99. The number of piperazine rings is 1. The van der Waals surface area contributed by atoms with Gasteiger partial charge in [0.05, 0.1) is 16.9 Å². The molecule has 0 aliphatic carbocycles. The molecule has 1 amide bonds. The maximum atomic E-state index is 15.3. The summed E-state index contributed by atoms with van der Waals surface area (Å²) in [4.78, 5) is 40.0. The zero-order chi connectivity index (χ0) is 23.8. The van der Waals surface area contributed by atoms with Crippen molar-refractivity contribution in [2.75, 3.05) is 37.6 Å². The third kappa shape index (κ3) is 3.90. The van der Waals surface area contributed by atoms with Crippen LogP contribution in [0.2, 0.25) is 0 Å². The molecule has 0 saturated carbocycles. The van der Waals surface area contributed by atoms with Crippen LogP contribution in [0.4, 0.5) is 10.1 Å². The van der Waals surface area contributed by atoms with Crippen molar-refractivity contribution in [3.63, 3.8) is 0 Å². The van der Waals surface area contributed by atoms with Crippen molar-refractivity contribution in [2.24, 2.45) is 0 Å². The average molecular weight is 464 g/mol. The molecule has 1 fully saturated rings. The van der Waals surface area contributed by atoms with Gasteiger partial charge in [0.2, 0.25) is 0 Å². The molecule has 2 N–H and O–H groups in total. The second kappa shape index (κ2) is 8.86. The van der Waals surface area contributed by atoms with Crippen molar-refractivity contribution in [3.8, 4) is 0 Å². The lowest BCUT2D eigenvalue weighted by Gasteiger charge is -2.36. The molecule has 0 bridgehead atoms. The third-order valence-corrected chi connectivity index (χ3v) is 6.29. The van der Waals surface area contributed by atoms with Gasteiger partial charge in [-0.1, -0.05) is 6.07 Å². The van der Waals surface area contributed by atoms with Crippen molar-refractivity contribution < 1.29 is 9.18 Å². The lowest BCUT2D eigenvalue weighted by molar-refractivity contribution is 0.0950. The van der Waals surface area contributed by atoms with E-state index in [1.54, 1.807) is 18.3 Å². The van der Waals surface area contributed by atoms with Crippen molar-refractivity contribution in [1.82, 2.24) is 29.6 Å². The number of H-pyrrole nitrogens is 1. The molecule has 4 aromatic rings. The number of anilines is 1. The molecule has 176 valence electrons. The normalized spacial score (nSPS) is 14.7. The molecular formula is C24H26FN7O2. The van der Waals surface area contributed by atoms with Gasteiger partial charge < -0.3 is 15.2 Å². The average Bonchev–Trinajstić information content (AvgIpc) is 3.33. The summed E-state index contributed by atoms with van der Waals surface area (Å²) in [6.45, 7) is 7.84. The Hall–Kier alpha value is -3.79. The van der Waals surface area contributed by atoms with Crippen LogP contribution in [0, 0.1) is 12.7 Å². The molecule has 1 aliphatic rings. The summed E-state index contributed by atoms with van der Waals surface area (Å²) in [6.07, 6.45) is 3.09. The number of carbonyl (C=O) groups excluding carboxylic acids is 1. The Labute approximate surface area is 195 Å². The van der Waals surface area contributed by atoms with Crippen LogP contribution >= 0.6 is 0 Å². The third-order valence-electron chi connectivity index (χ3n) is 6.29. The Morgan fingerprint density at radius 1 is 1.18 bits per heavy atom. The second-order valence-electron chi connectivity index (χ2n) is 8.44. The molecule has 34 heavy (non-hydrogen) atoms. The highest BCUT2D eigenvalue weighted by molar-refractivity contribution is 5.93. The lowest BCUT2D eigenvalue weighted by atomic mass is 10.1. The highest BCUT2D eigenvalue weighted by atomic mass is 19.1. The molecule has 4 heterocycles. The van der Waals surface area contributed by atoms with Crippen LogP contribution in [0.25, 0.3) is 16.6 Å². The van der Waals surface area contributed by atoms with Gasteiger partial charge >= 0.3 is 5.69 Å². The monoisotopic (exact) mass is 463 g/mol. The van der Waals surface area contributed by atoms with E-state index in [0.717, 1.165) is 37.6 Å². The van der Waals surface area contributed by atoms with E-state index >= 15 is 4.39 Å². The van der Waals surface area contributed by atoms with Crippen LogP contribution in [0.5, 0.6) is 0 Å². The minimum Gasteiger partial charge on any atom is -0.368 e. The number of nitrogens with one attached hydrogen (secondary N) is 2. The topological polar surface area (TPSA) is 98.6 Å². The zero-order valence-electron chi connectivity index (χ0n) is 19.1. The van der Waals surface area contributed by atoms with Gasteiger partial charge in [0.25, 0.3) is 5.91 Å². The maximum absolute atomic E-state index is 15.3. The second-order valence-corrected chi connectivity index (χ2v) is 8.44. The first-order valence-electron chi connectivity index (χ1n) is 11.4. The molecular weight excluding hydrogens is 437 g/mol. The van der Waals surface area contributed by atoms with Gasteiger partial charge in [-0.2, -0.15) is 0 Å². The largest absolute Gasteiger partial charge is 0.368 e. The number of amides is 1. The SMILES string of the molecule is CCNC(=O)c1ccc(N2CCN(Cc3ccc4c([nH]c(=O)n5ccnc45)c3F)CC2)c(C)n1. The predicted octanol–water partition coefficient (Wildman–Crippen LogP) is 2.09. The Morgan fingerprint density at radius 3 is 2.71 bits per heavy atom. The number of pyridine rings is 1. The molecule has 1 aliphatic heterocycles. The number of rotatable bonds is 5. The van der Waals surface area contributed by atoms with Crippen LogP contribution in [-0.4, -0.2) is 62.9 Å². The molecule has 0 atom stereocenters. The van der Waals surface area contributed by atoms with E-state index in [4.69, 9.17) is 0 Å². The highest BCUT2D eigenvalue weighted by Gasteiger charge is 2.22. The fourth-order valence-corrected chi connectivity index (χ4v) is 4.54. The number of carbonyl (C=O) groups is 1. The maximum Gasteiger partial charge on any atom is 0.331 e. The Morgan fingerprint density at radius 2 is 1.97 bits per heavy atom. The first kappa shape index (κ1) is 22.0. The zero-order valence-corrected chi connectivity index (χ0v) is 19.1. The van der Waals surface area contributed by atoms with E-state index in [0.29, 0.717) is 35.4 Å². The minimum absolute atomic E-state index is 0.172. The van der Waals surface area contributed by atoms with Gasteiger partial charge in [-0.3, -0.25) is 14.1 Å². The number of aromatic amines is 1. The van der Waals surface area contributed by atoms with Crippen molar-refractivity contribution in [3.05, 3.63) is 69.9 Å². The first-order valence-corrected chi connectivity index (χ1v) is 11.4. The van der Waals surface area contributed by atoms with Crippen LogP contribution in [0.1, 0.15) is 28.7 Å². The van der Waals surface area contributed by atoms with Gasteiger partial charge in [0.1, 0.15) is 11.3 Å². The fourth-order valence-electron chi connectivity index (χ4n) is 4.54. The number of imidazole rings is 1. The number of nitrogens with zero attached hydrogens (tertiary/aromatic N) is 5. The number of hydrogen-bond donors (Lipinski definition) is 2. The van der Waals surface area contributed by atoms with E-state index in [1.165, 1.54) is 10.6 Å². The fraction of sp³-hybridized carbons (Fsp3) is 0.333. The number of halogens is 1. The van der Waals surface area contributed by atoms with E-state index in [2.05, 4.69) is 30.1 Å². The van der Waals surface area contributed by atoms with Crippen LogP contribution in [-0.2, 0) is 6.54 Å². The molecule has 0 radical (unpaired) electrons. The van der Waals surface area contributed by atoms with E-state index in [-0.39, 0.29) is 11.4 Å². The standard InChI is InChI=1S/C24H26FN7O2/c1-3-26-23(33)18-6-7-19(15(2)28-18)31-12-10-30(11-13-31)14-16-4-5-17-21(20(16)25)29-24(34)32-9-8-27-22(17)32/h4-9H,3,10-14H2,1-2H3,(H,26,33)(H,29,34). The number of hydrogen-bond acceptors (Lipinski definition) is 6. The van der Waals surface area contributed by atoms with Crippen LogP contribution in [0.15, 0.2) is 41.5 Å². The minimum atomic E-state index is -0.413. The molecule has 5 rings (SSSR count). The van der Waals surface area contributed by atoms with E-state index in [1.807, 2.05) is 26.0 Å². The van der Waals surface area contributed by atoms with Gasteiger partial charge in [-0.15, -0.1) is 0 Å². The van der Waals surface area contributed by atoms with Crippen molar-refractivity contribution in [2.45, 2.75) is 20.4 Å². The molecule has 10 heteroatoms. The molecule has 3 aromatic heterocycles. The molecule has 0 spiro atoms. The van der Waals surface area contributed by atoms with Gasteiger partial charge in [0.15, 0.2) is 5.82 Å². The molecule has 1 saturated heterocycles. The summed E-state index contributed by atoms with van der Waals surface area (Å²) in [7, 11) is 0. The van der Waals surface area contributed by atoms with E-state index < -0.39 is 11.5 Å².